The zero-order chi connectivity index (χ0) is 14.2. The fourth-order valence-corrected chi connectivity index (χ4v) is 5.48. The van der Waals surface area contributed by atoms with E-state index >= 15 is 0 Å². The van der Waals surface area contributed by atoms with Crippen LogP contribution in [0.15, 0.2) is 15.7 Å². The summed E-state index contributed by atoms with van der Waals surface area (Å²) in [5, 5.41) is 10.2. The largest absolute Gasteiger partial charge is 0.478 e. The molecule has 1 N–H and O–H groups in total. The third-order valence-corrected chi connectivity index (χ3v) is 6.50. The van der Waals surface area contributed by atoms with Crippen molar-refractivity contribution in [1.29, 1.82) is 0 Å². The highest BCUT2D eigenvalue weighted by Gasteiger charge is 2.32. The molecular weight excluding hydrogens is 286 g/mol. The van der Waals surface area contributed by atoms with Crippen LogP contribution in [0, 0.1) is 11.8 Å². The zero-order valence-electron chi connectivity index (χ0n) is 10.9. The fourth-order valence-electron chi connectivity index (χ4n) is 2.49. The van der Waals surface area contributed by atoms with Crippen LogP contribution < -0.4 is 0 Å². The molecule has 2 unspecified atom stereocenters. The minimum Gasteiger partial charge on any atom is -0.478 e. The van der Waals surface area contributed by atoms with Crippen LogP contribution in [0.1, 0.15) is 30.6 Å². The summed E-state index contributed by atoms with van der Waals surface area (Å²) in [6, 6.07) is 1.24. The topological polar surface area (TPSA) is 74.7 Å². The summed E-state index contributed by atoms with van der Waals surface area (Å²) < 4.78 is 26.5. The Labute approximate surface area is 116 Å². The van der Waals surface area contributed by atoms with Crippen molar-refractivity contribution < 1.29 is 18.3 Å². The summed E-state index contributed by atoms with van der Waals surface area (Å²) in [5.41, 5.74) is 0.0293. The number of sulfonamides is 1. The lowest BCUT2D eigenvalue weighted by Gasteiger charge is -2.33. The molecular formula is C12H17NO4S2. The molecule has 0 aromatic carbocycles. The number of nitrogens with zero attached hydrogens (tertiary/aromatic N) is 1. The van der Waals surface area contributed by atoms with Crippen molar-refractivity contribution in [3.63, 3.8) is 0 Å². The molecule has 2 atom stereocenters. The SMILES string of the molecule is CC1CC(C)CN(S(=O)(=O)c2cc(C(=O)O)cs2)C1. The van der Waals surface area contributed by atoms with Crippen molar-refractivity contribution in [3.05, 3.63) is 17.0 Å². The van der Waals surface area contributed by atoms with Gasteiger partial charge in [-0.15, -0.1) is 11.3 Å². The highest BCUT2D eigenvalue weighted by atomic mass is 32.2. The summed E-state index contributed by atoms with van der Waals surface area (Å²) in [6.45, 7) is 5.09. The van der Waals surface area contributed by atoms with Gasteiger partial charge >= 0.3 is 5.97 Å². The zero-order valence-corrected chi connectivity index (χ0v) is 12.5. The van der Waals surface area contributed by atoms with Crippen molar-refractivity contribution in [2.24, 2.45) is 11.8 Å². The van der Waals surface area contributed by atoms with E-state index in [4.69, 9.17) is 5.11 Å². The van der Waals surface area contributed by atoms with Crippen molar-refractivity contribution in [3.8, 4) is 0 Å². The van der Waals surface area contributed by atoms with E-state index in [1.54, 1.807) is 0 Å². The molecule has 1 aliphatic heterocycles. The first-order valence-corrected chi connectivity index (χ1v) is 8.44. The van der Waals surface area contributed by atoms with Crippen molar-refractivity contribution in [1.82, 2.24) is 4.31 Å². The van der Waals surface area contributed by atoms with E-state index in [9.17, 15) is 13.2 Å². The van der Waals surface area contributed by atoms with Crippen molar-refractivity contribution in [2.45, 2.75) is 24.5 Å². The smallest absolute Gasteiger partial charge is 0.336 e. The van der Waals surface area contributed by atoms with E-state index < -0.39 is 16.0 Å². The van der Waals surface area contributed by atoms with E-state index in [2.05, 4.69) is 0 Å². The van der Waals surface area contributed by atoms with Gasteiger partial charge in [0.2, 0.25) is 0 Å². The van der Waals surface area contributed by atoms with Gasteiger partial charge in [-0.25, -0.2) is 13.2 Å². The number of rotatable bonds is 3. The third kappa shape index (κ3) is 2.98. The van der Waals surface area contributed by atoms with E-state index in [0.29, 0.717) is 24.9 Å². The number of aromatic carboxylic acids is 1. The molecule has 19 heavy (non-hydrogen) atoms. The minimum absolute atomic E-state index is 0.0293. The molecule has 0 saturated carbocycles. The first kappa shape index (κ1) is 14.5. The summed E-state index contributed by atoms with van der Waals surface area (Å²) in [5.74, 6) is -0.437. The number of piperidine rings is 1. The van der Waals surface area contributed by atoms with E-state index in [1.165, 1.54) is 15.8 Å². The van der Waals surface area contributed by atoms with E-state index in [-0.39, 0.29) is 9.77 Å². The molecule has 0 radical (unpaired) electrons. The van der Waals surface area contributed by atoms with Crippen LogP contribution in [0.5, 0.6) is 0 Å². The van der Waals surface area contributed by atoms with Gasteiger partial charge in [0.15, 0.2) is 0 Å². The number of thiophene rings is 1. The first-order valence-electron chi connectivity index (χ1n) is 6.12. The lowest BCUT2D eigenvalue weighted by atomic mass is 9.94. The van der Waals surface area contributed by atoms with Gasteiger partial charge in [0.1, 0.15) is 4.21 Å². The number of carboxylic acid groups (broad SMARTS) is 1. The Morgan fingerprint density at radius 1 is 1.37 bits per heavy atom. The van der Waals surface area contributed by atoms with Gasteiger partial charge < -0.3 is 5.11 Å². The second-order valence-electron chi connectivity index (χ2n) is 5.23. The van der Waals surface area contributed by atoms with Crippen LogP contribution in [-0.2, 0) is 10.0 Å². The van der Waals surface area contributed by atoms with Gasteiger partial charge in [0, 0.05) is 18.5 Å². The number of hydrogen-bond donors (Lipinski definition) is 1. The Balaban J connectivity index is 2.28. The Morgan fingerprint density at radius 2 is 1.95 bits per heavy atom. The third-order valence-electron chi connectivity index (χ3n) is 3.25. The standard InChI is InChI=1S/C12H17NO4S2/c1-8-3-9(2)6-13(5-8)19(16,17)11-4-10(7-18-11)12(14)15/h4,7-9H,3,5-6H2,1-2H3,(H,14,15). The number of carboxylic acids is 1. The molecule has 7 heteroatoms. The maximum Gasteiger partial charge on any atom is 0.336 e. The molecule has 5 nitrogen and oxygen atoms in total. The van der Waals surface area contributed by atoms with Gasteiger partial charge in [-0.3, -0.25) is 0 Å². The molecule has 2 heterocycles. The molecule has 1 fully saturated rings. The average molecular weight is 303 g/mol. The predicted octanol–water partition coefficient (Wildman–Crippen LogP) is 2.11. The molecule has 0 amide bonds. The van der Waals surface area contributed by atoms with Crippen LogP contribution >= 0.6 is 11.3 Å². The molecule has 0 aliphatic carbocycles. The maximum atomic E-state index is 12.5. The Kier molecular flexibility index (Phi) is 3.98. The molecule has 0 spiro atoms. The van der Waals surface area contributed by atoms with Gasteiger partial charge in [-0.05, 0) is 24.3 Å². The molecule has 1 saturated heterocycles. The van der Waals surface area contributed by atoms with Gasteiger partial charge in [0.05, 0.1) is 5.56 Å². The second-order valence-corrected chi connectivity index (χ2v) is 8.30. The van der Waals surface area contributed by atoms with E-state index in [1.807, 2.05) is 13.8 Å². The number of hydrogen-bond acceptors (Lipinski definition) is 4. The summed E-state index contributed by atoms with van der Waals surface area (Å²) in [4.78, 5) is 10.8. The molecule has 1 aromatic rings. The minimum atomic E-state index is -3.55. The highest BCUT2D eigenvalue weighted by molar-refractivity contribution is 7.91. The number of carbonyl (C=O) groups is 1. The molecule has 2 rings (SSSR count). The lowest BCUT2D eigenvalue weighted by molar-refractivity contribution is 0.0697. The molecule has 106 valence electrons. The van der Waals surface area contributed by atoms with Crippen LogP contribution in [-0.4, -0.2) is 36.9 Å². The first-order chi connectivity index (χ1) is 8.80. The highest BCUT2D eigenvalue weighted by Crippen LogP contribution is 2.29. The second kappa shape index (κ2) is 5.22. The molecule has 0 bridgehead atoms. The Hall–Kier alpha value is -0.920. The lowest BCUT2D eigenvalue weighted by Crippen LogP contribution is -2.42. The van der Waals surface area contributed by atoms with Crippen molar-refractivity contribution in [2.75, 3.05) is 13.1 Å². The monoisotopic (exact) mass is 303 g/mol. The normalized spacial score (nSPS) is 25.4. The van der Waals surface area contributed by atoms with E-state index in [0.717, 1.165) is 17.8 Å². The predicted molar refractivity (Wildman–Crippen MR) is 73.0 cm³/mol. The molecule has 1 aliphatic rings. The quantitative estimate of drug-likeness (QED) is 0.928. The van der Waals surface area contributed by atoms with Crippen LogP contribution in [0.2, 0.25) is 0 Å². The molecule has 1 aromatic heterocycles. The van der Waals surface area contributed by atoms with Crippen LogP contribution in [0.25, 0.3) is 0 Å². The average Bonchev–Trinajstić information content (AvgIpc) is 2.77. The van der Waals surface area contributed by atoms with Crippen LogP contribution in [0.4, 0.5) is 0 Å². The van der Waals surface area contributed by atoms with Gasteiger partial charge in [-0.2, -0.15) is 4.31 Å². The van der Waals surface area contributed by atoms with Gasteiger partial charge in [-0.1, -0.05) is 13.8 Å². The Bertz CT molecular complexity index is 568. The summed E-state index contributed by atoms with van der Waals surface area (Å²) in [6.07, 6.45) is 1.02. The summed E-state index contributed by atoms with van der Waals surface area (Å²) in [7, 11) is -3.55. The Morgan fingerprint density at radius 3 is 2.42 bits per heavy atom. The maximum absolute atomic E-state index is 12.5. The van der Waals surface area contributed by atoms with Crippen molar-refractivity contribution >= 4 is 27.3 Å². The van der Waals surface area contributed by atoms with Crippen LogP contribution in [0.3, 0.4) is 0 Å². The summed E-state index contributed by atoms with van der Waals surface area (Å²) >= 11 is 0.970. The van der Waals surface area contributed by atoms with Gasteiger partial charge in [0.25, 0.3) is 10.0 Å². The fraction of sp³-hybridized carbons (Fsp3) is 0.583.